The molecule has 1 amide bonds. The summed E-state index contributed by atoms with van der Waals surface area (Å²) in [6, 6.07) is -0.0180. The Kier molecular flexibility index (Phi) is 2.79. The van der Waals surface area contributed by atoms with Crippen LogP contribution in [0.3, 0.4) is 0 Å². The molecule has 17 heavy (non-hydrogen) atoms. The topological polar surface area (TPSA) is 63.1 Å². The first-order valence-electron chi connectivity index (χ1n) is 5.74. The summed E-state index contributed by atoms with van der Waals surface area (Å²) < 4.78 is 2.08. The Balaban J connectivity index is 1.73. The maximum Gasteiger partial charge on any atom is 0.241 e. The van der Waals surface area contributed by atoms with E-state index in [2.05, 4.69) is 20.1 Å². The average Bonchev–Trinajstić information content (AvgIpc) is 2.98. The molecule has 0 saturated carbocycles. The van der Waals surface area contributed by atoms with Gasteiger partial charge >= 0.3 is 0 Å². The molecule has 2 aliphatic rings. The van der Waals surface area contributed by atoms with Crippen LogP contribution in [-0.2, 0) is 17.9 Å². The van der Waals surface area contributed by atoms with Gasteiger partial charge in [-0.1, -0.05) is 0 Å². The van der Waals surface area contributed by atoms with E-state index in [9.17, 15) is 4.79 Å². The minimum Gasteiger partial charge on any atom is -0.332 e. The average molecular weight is 253 g/mol. The van der Waals surface area contributed by atoms with Crippen LogP contribution in [-0.4, -0.2) is 49.8 Å². The smallest absolute Gasteiger partial charge is 0.241 e. The number of hydrogen-bond donors (Lipinski definition) is 1. The van der Waals surface area contributed by atoms with Gasteiger partial charge in [0, 0.05) is 24.7 Å². The highest BCUT2D eigenvalue weighted by atomic mass is 32.2. The number of amides is 1. The molecule has 1 aromatic rings. The van der Waals surface area contributed by atoms with E-state index in [0.717, 1.165) is 36.4 Å². The van der Waals surface area contributed by atoms with Crippen molar-refractivity contribution >= 4 is 17.7 Å². The van der Waals surface area contributed by atoms with Crippen LogP contribution in [0.5, 0.6) is 0 Å². The molecule has 1 atom stereocenters. The molecule has 0 aromatic carbocycles. The van der Waals surface area contributed by atoms with Gasteiger partial charge in [-0.25, -0.2) is 0 Å². The summed E-state index contributed by atoms with van der Waals surface area (Å²) in [4.78, 5) is 14.1. The fraction of sp³-hybridized carbons (Fsp3) is 0.700. The van der Waals surface area contributed by atoms with Gasteiger partial charge in [0.2, 0.25) is 5.91 Å². The molecule has 6 nitrogen and oxygen atoms in total. The molecule has 7 heteroatoms. The van der Waals surface area contributed by atoms with Gasteiger partial charge in [0.15, 0.2) is 5.82 Å². The first-order chi connectivity index (χ1) is 8.25. The minimum absolute atomic E-state index is 0.0180. The SMILES string of the molecule is Cc1nnc2n1CCN(C(=O)C1CSCN1)C2. The number of nitrogens with zero attached hydrogens (tertiary/aromatic N) is 4. The fourth-order valence-electron chi connectivity index (χ4n) is 2.27. The van der Waals surface area contributed by atoms with Crippen molar-refractivity contribution in [3.05, 3.63) is 11.6 Å². The summed E-state index contributed by atoms with van der Waals surface area (Å²) in [5.74, 6) is 3.77. The predicted molar refractivity (Wildman–Crippen MR) is 64.4 cm³/mol. The Labute approximate surface area is 104 Å². The third kappa shape index (κ3) is 1.93. The standard InChI is InChI=1S/C10H15N5OS/c1-7-12-13-9-4-14(2-3-15(7)9)10(16)8-5-17-6-11-8/h8,11H,2-6H2,1H3. The van der Waals surface area contributed by atoms with Gasteiger partial charge < -0.3 is 9.47 Å². The molecule has 0 bridgehead atoms. The number of fused-ring (bicyclic) bond motifs is 1. The van der Waals surface area contributed by atoms with E-state index in [1.807, 2.05) is 11.8 Å². The first-order valence-corrected chi connectivity index (χ1v) is 6.90. The van der Waals surface area contributed by atoms with Crippen LogP contribution >= 0.6 is 11.8 Å². The van der Waals surface area contributed by atoms with Crippen LogP contribution < -0.4 is 5.32 Å². The number of aromatic nitrogens is 3. The van der Waals surface area contributed by atoms with Crippen LogP contribution in [0.4, 0.5) is 0 Å². The van der Waals surface area contributed by atoms with Crippen molar-refractivity contribution in [1.29, 1.82) is 0 Å². The second-order valence-corrected chi connectivity index (χ2v) is 5.38. The normalized spacial score (nSPS) is 23.8. The molecule has 0 radical (unpaired) electrons. The minimum atomic E-state index is -0.0180. The monoisotopic (exact) mass is 253 g/mol. The van der Waals surface area contributed by atoms with Gasteiger partial charge in [-0.3, -0.25) is 10.1 Å². The third-order valence-electron chi connectivity index (χ3n) is 3.26. The zero-order chi connectivity index (χ0) is 11.8. The second kappa shape index (κ2) is 4.30. The van der Waals surface area contributed by atoms with Crippen LogP contribution in [0.1, 0.15) is 11.6 Å². The van der Waals surface area contributed by atoms with Gasteiger partial charge in [-0.2, -0.15) is 0 Å². The molecule has 1 aromatic heterocycles. The lowest BCUT2D eigenvalue weighted by molar-refractivity contribution is -0.134. The molecule has 1 unspecified atom stereocenters. The maximum atomic E-state index is 12.2. The number of carbonyl (C=O) groups excluding carboxylic acids is 1. The lowest BCUT2D eigenvalue weighted by Crippen LogP contribution is -2.47. The van der Waals surface area contributed by atoms with Gasteiger partial charge in [-0.15, -0.1) is 22.0 Å². The van der Waals surface area contributed by atoms with E-state index in [4.69, 9.17) is 0 Å². The summed E-state index contributed by atoms with van der Waals surface area (Å²) >= 11 is 1.77. The van der Waals surface area contributed by atoms with Gasteiger partial charge in [-0.05, 0) is 6.92 Å². The highest BCUT2D eigenvalue weighted by molar-refractivity contribution is 7.99. The molecule has 2 aliphatic heterocycles. The number of thioether (sulfide) groups is 1. The van der Waals surface area contributed by atoms with E-state index >= 15 is 0 Å². The molecule has 3 heterocycles. The Morgan fingerprint density at radius 1 is 1.47 bits per heavy atom. The Hall–Kier alpha value is -1.08. The van der Waals surface area contributed by atoms with E-state index in [0.29, 0.717) is 6.54 Å². The lowest BCUT2D eigenvalue weighted by atomic mass is 10.2. The Morgan fingerprint density at radius 2 is 2.35 bits per heavy atom. The number of carbonyl (C=O) groups is 1. The number of rotatable bonds is 1. The zero-order valence-corrected chi connectivity index (χ0v) is 10.5. The molecule has 1 N–H and O–H groups in total. The predicted octanol–water partition coefficient (Wildman–Crippen LogP) is -0.409. The van der Waals surface area contributed by atoms with Crippen LogP contribution in [0.25, 0.3) is 0 Å². The van der Waals surface area contributed by atoms with Crippen molar-refractivity contribution in [2.75, 3.05) is 18.2 Å². The first kappa shape index (κ1) is 11.0. The summed E-state index contributed by atoms with van der Waals surface area (Å²) in [5, 5.41) is 11.4. The molecule has 1 saturated heterocycles. The van der Waals surface area contributed by atoms with Crippen LogP contribution in [0.2, 0.25) is 0 Å². The summed E-state index contributed by atoms with van der Waals surface area (Å²) in [7, 11) is 0. The van der Waals surface area contributed by atoms with Gasteiger partial charge in [0.1, 0.15) is 5.82 Å². The molecular formula is C10H15N5OS. The fourth-order valence-corrected chi connectivity index (χ4v) is 3.20. The van der Waals surface area contributed by atoms with Crippen LogP contribution in [0, 0.1) is 6.92 Å². The summed E-state index contributed by atoms with van der Waals surface area (Å²) in [6.07, 6.45) is 0. The van der Waals surface area contributed by atoms with Gasteiger partial charge in [0.05, 0.1) is 12.6 Å². The quantitative estimate of drug-likeness (QED) is 0.737. The van der Waals surface area contributed by atoms with Gasteiger partial charge in [0.25, 0.3) is 0 Å². The molecule has 0 spiro atoms. The number of aryl methyl sites for hydroxylation is 1. The zero-order valence-electron chi connectivity index (χ0n) is 9.72. The molecule has 3 rings (SSSR count). The van der Waals surface area contributed by atoms with Crippen molar-refractivity contribution in [1.82, 2.24) is 25.0 Å². The maximum absolute atomic E-state index is 12.2. The Bertz CT molecular complexity index is 440. The number of nitrogens with one attached hydrogen (secondary N) is 1. The Morgan fingerprint density at radius 3 is 3.12 bits per heavy atom. The van der Waals surface area contributed by atoms with Crippen molar-refractivity contribution in [2.24, 2.45) is 0 Å². The summed E-state index contributed by atoms with van der Waals surface area (Å²) in [5.41, 5.74) is 0. The highest BCUT2D eigenvalue weighted by Gasteiger charge is 2.30. The van der Waals surface area contributed by atoms with E-state index < -0.39 is 0 Å². The van der Waals surface area contributed by atoms with Crippen molar-refractivity contribution in [2.45, 2.75) is 26.1 Å². The number of hydrogen-bond acceptors (Lipinski definition) is 5. The van der Waals surface area contributed by atoms with Crippen molar-refractivity contribution in [3.63, 3.8) is 0 Å². The molecule has 92 valence electrons. The van der Waals surface area contributed by atoms with Crippen molar-refractivity contribution in [3.8, 4) is 0 Å². The highest BCUT2D eigenvalue weighted by Crippen LogP contribution is 2.16. The molecular weight excluding hydrogens is 238 g/mol. The van der Waals surface area contributed by atoms with E-state index in [1.165, 1.54) is 0 Å². The summed E-state index contributed by atoms with van der Waals surface area (Å²) in [6.45, 7) is 4.10. The van der Waals surface area contributed by atoms with E-state index in [-0.39, 0.29) is 11.9 Å². The lowest BCUT2D eigenvalue weighted by Gasteiger charge is -2.29. The van der Waals surface area contributed by atoms with Crippen LogP contribution in [0.15, 0.2) is 0 Å². The van der Waals surface area contributed by atoms with E-state index in [1.54, 1.807) is 11.8 Å². The second-order valence-electron chi connectivity index (χ2n) is 4.35. The molecule has 1 fully saturated rings. The van der Waals surface area contributed by atoms with Crippen molar-refractivity contribution < 1.29 is 4.79 Å². The molecule has 0 aliphatic carbocycles. The largest absolute Gasteiger partial charge is 0.332 e. The third-order valence-corrected chi connectivity index (χ3v) is 4.20.